The van der Waals surface area contributed by atoms with Crippen molar-refractivity contribution >= 4 is 29.1 Å². The molecule has 0 bridgehead atoms. The molecule has 3 heterocycles. The zero-order chi connectivity index (χ0) is 21.8. The number of anilines is 2. The van der Waals surface area contributed by atoms with Crippen molar-refractivity contribution in [3.05, 3.63) is 53.2 Å². The largest absolute Gasteiger partial charge is 0.371 e. The number of nitrogens with one attached hydrogen (secondary N) is 2. The average molecular weight is 449 g/mol. The Morgan fingerprint density at radius 2 is 2.00 bits per heavy atom. The third-order valence-corrected chi connectivity index (χ3v) is 6.20. The average Bonchev–Trinajstić information content (AvgIpc) is 3.43. The van der Waals surface area contributed by atoms with Gasteiger partial charge in [0, 0.05) is 63.8 Å². The minimum Gasteiger partial charge on any atom is -0.371 e. The Bertz CT molecular complexity index is 940. The summed E-state index contributed by atoms with van der Waals surface area (Å²) in [6.07, 6.45) is 3.72. The molecule has 2 aliphatic rings. The van der Waals surface area contributed by atoms with Crippen LogP contribution in [0.1, 0.15) is 12.8 Å². The molecule has 0 radical (unpaired) electrons. The lowest BCUT2D eigenvalue weighted by Gasteiger charge is -2.21. The van der Waals surface area contributed by atoms with Gasteiger partial charge < -0.3 is 20.4 Å². The standard InChI is InChI=1S/C22H27ClF2N6/c1-26-22(29-16-7-10-31(14-16)21-18(23)3-2-8-27-21)28-12-15-6-9-30(13-15)17-4-5-19(24)20(25)11-17/h2-5,8,11,15-16H,6-7,9-10,12-14H2,1H3,(H2,26,28,29). The molecule has 2 saturated heterocycles. The van der Waals surface area contributed by atoms with Crippen molar-refractivity contribution in [2.24, 2.45) is 10.9 Å². The molecule has 2 aromatic rings. The van der Waals surface area contributed by atoms with E-state index in [1.807, 2.05) is 12.1 Å². The van der Waals surface area contributed by atoms with E-state index in [2.05, 4.69) is 30.4 Å². The van der Waals surface area contributed by atoms with Gasteiger partial charge in [0.05, 0.1) is 5.02 Å². The van der Waals surface area contributed by atoms with Gasteiger partial charge in [-0.05, 0) is 43.0 Å². The molecule has 0 spiro atoms. The van der Waals surface area contributed by atoms with E-state index in [0.29, 0.717) is 10.9 Å². The first-order chi connectivity index (χ1) is 15.0. The molecule has 2 fully saturated rings. The predicted octanol–water partition coefficient (Wildman–Crippen LogP) is 3.28. The molecule has 2 atom stereocenters. The van der Waals surface area contributed by atoms with Gasteiger partial charge in [0.1, 0.15) is 5.82 Å². The molecular weight excluding hydrogens is 422 g/mol. The Kier molecular flexibility index (Phi) is 6.75. The lowest BCUT2D eigenvalue weighted by molar-refractivity contribution is 0.508. The number of hydrogen-bond acceptors (Lipinski definition) is 4. The first-order valence-corrected chi connectivity index (χ1v) is 10.9. The van der Waals surface area contributed by atoms with Gasteiger partial charge in [-0.1, -0.05) is 11.6 Å². The molecule has 31 heavy (non-hydrogen) atoms. The molecule has 2 aliphatic heterocycles. The second-order valence-corrected chi connectivity index (χ2v) is 8.44. The SMILES string of the molecule is CN=C(NCC1CCN(c2ccc(F)c(F)c2)C1)NC1CCN(c2ncccc2Cl)C1. The molecule has 4 rings (SSSR count). The van der Waals surface area contributed by atoms with E-state index in [-0.39, 0.29) is 6.04 Å². The van der Waals surface area contributed by atoms with Gasteiger partial charge in [-0.15, -0.1) is 0 Å². The van der Waals surface area contributed by atoms with Crippen LogP contribution in [-0.4, -0.2) is 56.8 Å². The topological polar surface area (TPSA) is 55.8 Å². The number of guanidine groups is 1. The molecule has 0 saturated carbocycles. The summed E-state index contributed by atoms with van der Waals surface area (Å²) in [4.78, 5) is 13.0. The van der Waals surface area contributed by atoms with Crippen LogP contribution >= 0.6 is 11.6 Å². The van der Waals surface area contributed by atoms with E-state index in [1.54, 1.807) is 19.3 Å². The van der Waals surface area contributed by atoms with Crippen LogP contribution in [0, 0.1) is 17.6 Å². The third kappa shape index (κ3) is 5.18. The van der Waals surface area contributed by atoms with Crippen molar-refractivity contribution in [3.63, 3.8) is 0 Å². The van der Waals surface area contributed by atoms with Crippen molar-refractivity contribution in [3.8, 4) is 0 Å². The Morgan fingerprint density at radius 1 is 1.16 bits per heavy atom. The van der Waals surface area contributed by atoms with Gasteiger partial charge in [0.2, 0.25) is 0 Å². The Morgan fingerprint density at radius 3 is 2.77 bits per heavy atom. The highest BCUT2D eigenvalue weighted by molar-refractivity contribution is 6.32. The Balaban J connectivity index is 1.25. The molecule has 0 amide bonds. The number of benzene rings is 1. The van der Waals surface area contributed by atoms with Crippen molar-refractivity contribution in [1.29, 1.82) is 0 Å². The van der Waals surface area contributed by atoms with E-state index >= 15 is 0 Å². The van der Waals surface area contributed by atoms with E-state index in [9.17, 15) is 8.78 Å². The zero-order valence-electron chi connectivity index (χ0n) is 17.5. The monoisotopic (exact) mass is 448 g/mol. The second-order valence-electron chi connectivity index (χ2n) is 8.04. The van der Waals surface area contributed by atoms with Crippen LogP contribution in [0.3, 0.4) is 0 Å². The van der Waals surface area contributed by atoms with Crippen LogP contribution < -0.4 is 20.4 Å². The van der Waals surface area contributed by atoms with Gasteiger partial charge in [0.15, 0.2) is 17.6 Å². The molecular formula is C22H27ClF2N6. The molecule has 2 unspecified atom stereocenters. The summed E-state index contributed by atoms with van der Waals surface area (Å²) >= 11 is 6.28. The normalized spacial score (nSPS) is 21.6. The maximum absolute atomic E-state index is 13.5. The summed E-state index contributed by atoms with van der Waals surface area (Å²) < 4.78 is 26.7. The molecule has 6 nitrogen and oxygen atoms in total. The fraction of sp³-hybridized carbons (Fsp3) is 0.455. The minimum absolute atomic E-state index is 0.256. The number of rotatable bonds is 5. The van der Waals surface area contributed by atoms with Crippen molar-refractivity contribution < 1.29 is 8.78 Å². The zero-order valence-corrected chi connectivity index (χ0v) is 18.2. The van der Waals surface area contributed by atoms with Gasteiger partial charge in [0.25, 0.3) is 0 Å². The fourth-order valence-corrected chi connectivity index (χ4v) is 4.47. The van der Waals surface area contributed by atoms with Crippen molar-refractivity contribution in [1.82, 2.24) is 15.6 Å². The van der Waals surface area contributed by atoms with Gasteiger partial charge in [-0.3, -0.25) is 4.99 Å². The van der Waals surface area contributed by atoms with Crippen LogP contribution in [0.2, 0.25) is 5.02 Å². The van der Waals surface area contributed by atoms with E-state index in [0.717, 1.165) is 63.0 Å². The lowest BCUT2D eigenvalue weighted by Crippen LogP contribution is -2.46. The molecule has 0 aliphatic carbocycles. The predicted molar refractivity (Wildman–Crippen MR) is 121 cm³/mol. The van der Waals surface area contributed by atoms with Crippen LogP contribution in [-0.2, 0) is 0 Å². The number of aliphatic imine (C=N–C) groups is 1. The Hall–Kier alpha value is -2.61. The summed E-state index contributed by atoms with van der Waals surface area (Å²) in [5, 5.41) is 7.57. The number of hydrogen-bond donors (Lipinski definition) is 2. The third-order valence-electron chi connectivity index (χ3n) is 5.90. The van der Waals surface area contributed by atoms with E-state index < -0.39 is 11.6 Å². The summed E-state index contributed by atoms with van der Waals surface area (Å²) in [6.45, 7) is 4.08. The number of aromatic nitrogens is 1. The smallest absolute Gasteiger partial charge is 0.191 e. The van der Waals surface area contributed by atoms with E-state index in [4.69, 9.17) is 11.6 Å². The van der Waals surface area contributed by atoms with E-state index in [1.165, 1.54) is 12.1 Å². The quantitative estimate of drug-likeness (QED) is 0.543. The maximum atomic E-state index is 13.5. The van der Waals surface area contributed by atoms with Gasteiger partial charge in [-0.2, -0.15) is 0 Å². The summed E-state index contributed by atoms with van der Waals surface area (Å²) in [5.74, 6) is 0.372. The minimum atomic E-state index is -0.813. The summed E-state index contributed by atoms with van der Waals surface area (Å²) in [7, 11) is 1.76. The number of halogens is 3. The van der Waals surface area contributed by atoms with Crippen LogP contribution in [0.4, 0.5) is 20.3 Å². The highest BCUT2D eigenvalue weighted by Gasteiger charge is 2.27. The lowest BCUT2D eigenvalue weighted by atomic mass is 10.1. The van der Waals surface area contributed by atoms with Crippen molar-refractivity contribution in [2.45, 2.75) is 18.9 Å². The van der Waals surface area contributed by atoms with Crippen molar-refractivity contribution in [2.75, 3.05) is 49.6 Å². The fourth-order valence-electron chi connectivity index (χ4n) is 4.23. The molecule has 166 valence electrons. The first-order valence-electron chi connectivity index (χ1n) is 10.6. The summed E-state index contributed by atoms with van der Waals surface area (Å²) in [6, 6.07) is 8.04. The van der Waals surface area contributed by atoms with Gasteiger partial charge >= 0.3 is 0 Å². The highest BCUT2D eigenvalue weighted by atomic mass is 35.5. The molecule has 1 aromatic carbocycles. The summed E-state index contributed by atoms with van der Waals surface area (Å²) in [5.41, 5.74) is 0.725. The van der Waals surface area contributed by atoms with Crippen LogP contribution in [0.15, 0.2) is 41.5 Å². The number of nitrogens with zero attached hydrogens (tertiary/aromatic N) is 4. The molecule has 1 aromatic heterocycles. The van der Waals surface area contributed by atoms with Crippen LogP contribution in [0.5, 0.6) is 0 Å². The maximum Gasteiger partial charge on any atom is 0.191 e. The highest BCUT2D eigenvalue weighted by Crippen LogP contribution is 2.26. The first kappa shape index (κ1) is 21.6. The molecule has 2 N–H and O–H groups in total. The second kappa shape index (κ2) is 9.68. The molecule has 9 heteroatoms. The van der Waals surface area contributed by atoms with Crippen LogP contribution in [0.25, 0.3) is 0 Å². The van der Waals surface area contributed by atoms with Gasteiger partial charge in [-0.25, -0.2) is 13.8 Å². The Labute approximate surface area is 186 Å². The number of pyridine rings is 1.